The number of rotatable bonds is 5. The summed E-state index contributed by atoms with van der Waals surface area (Å²) < 4.78 is 11.0. The molecule has 7 nitrogen and oxygen atoms in total. The highest BCUT2D eigenvalue weighted by Crippen LogP contribution is 2.20. The molecule has 0 saturated carbocycles. The lowest BCUT2D eigenvalue weighted by Crippen LogP contribution is -2.47. The number of nitrogens with one attached hydrogen (secondary N) is 2. The molecule has 1 aliphatic heterocycles. The fourth-order valence-corrected chi connectivity index (χ4v) is 3.36. The first-order chi connectivity index (χ1) is 13.7. The second-order valence-electron chi connectivity index (χ2n) is 8.56. The van der Waals surface area contributed by atoms with E-state index < -0.39 is 5.60 Å². The van der Waals surface area contributed by atoms with Gasteiger partial charge >= 0.3 is 6.09 Å². The van der Waals surface area contributed by atoms with Gasteiger partial charge in [-0.15, -0.1) is 0 Å². The van der Waals surface area contributed by atoms with Crippen molar-refractivity contribution in [3.05, 3.63) is 29.3 Å². The number of carbonyl (C=O) groups is 1. The first-order valence-electron chi connectivity index (χ1n) is 10.3. The topological polar surface area (TPSA) is 75.2 Å². The van der Waals surface area contributed by atoms with Gasteiger partial charge in [0, 0.05) is 38.8 Å². The quantitative estimate of drug-likeness (QED) is 0.582. The average Bonchev–Trinajstić information content (AvgIpc) is 2.67. The molecule has 1 aromatic rings. The predicted octanol–water partition coefficient (Wildman–Crippen LogP) is 3.32. The number of nitrogens with zero attached hydrogens (tertiary/aromatic N) is 2. The summed E-state index contributed by atoms with van der Waals surface area (Å²) in [6, 6.07) is 6.16. The molecule has 1 aliphatic rings. The second-order valence-corrected chi connectivity index (χ2v) is 8.56. The number of carbonyl (C=O) groups excluding carboxylic acids is 1. The number of guanidine groups is 1. The van der Waals surface area contributed by atoms with E-state index in [9.17, 15) is 4.79 Å². The van der Waals surface area contributed by atoms with Crippen molar-refractivity contribution in [1.29, 1.82) is 0 Å². The van der Waals surface area contributed by atoms with E-state index in [4.69, 9.17) is 9.47 Å². The number of amides is 1. The molecule has 0 aromatic heterocycles. The molecule has 0 aliphatic carbocycles. The van der Waals surface area contributed by atoms with Gasteiger partial charge in [-0.2, -0.15) is 0 Å². The van der Waals surface area contributed by atoms with Gasteiger partial charge in [-0.3, -0.25) is 4.99 Å². The van der Waals surface area contributed by atoms with E-state index in [0.29, 0.717) is 19.0 Å². The minimum absolute atomic E-state index is 0.226. The van der Waals surface area contributed by atoms with Gasteiger partial charge in [0.25, 0.3) is 0 Å². The highest BCUT2D eigenvalue weighted by atomic mass is 16.6. The molecule has 1 unspecified atom stereocenters. The number of benzene rings is 1. The maximum absolute atomic E-state index is 12.3. The molecule has 162 valence electrons. The average molecular weight is 405 g/mol. The summed E-state index contributed by atoms with van der Waals surface area (Å²) in [6.45, 7) is 10.6. The Bertz CT molecular complexity index is 712. The van der Waals surface area contributed by atoms with Crippen LogP contribution in [0.3, 0.4) is 0 Å². The molecule has 1 aromatic carbocycles. The highest BCUT2D eigenvalue weighted by Gasteiger charge is 2.27. The Balaban J connectivity index is 1.83. The highest BCUT2D eigenvalue weighted by molar-refractivity contribution is 5.79. The minimum Gasteiger partial charge on any atom is -0.496 e. The molecule has 29 heavy (non-hydrogen) atoms. The van der Waals surface area contributed by atoms with Crippen molar-refractivity contribution in [2.24, 2.45) is 10.9 Å². The van der Waals surface area contributed by atoms with Gasteiger partial charge in [0.1, 0.15) is 11.4 Å². The van der Waals surface area contributed by atoms with Gasteiger partial charge in [-0.05, 0) is 58.1 Å². The van der Waals surface area contributed by atoms with Crippen LogP contribution in [0.1, 0.15) is 44.7 Å². The summed E-state index contributed by atoms with van der Waals surface area (Å²) in [6.07, 6.45) is 1.84. The second kappa shape index (κ2) is 10.4. The van der Waals surface area contributed by atoms with Gasteiger partial charge in [-0.25, -0.2) is 4.79 Å². The van der Waals surface area contributed by atoms with E-state index in [0.717, 1.165) is 43.2 Å². The first kappa shape index (κ1) is 22.8. The lowest BCUT2D eigenvalue weighted by Gasteiger charge is -2.34. The molecule has 1 amide bonds. The number of aryl methyl sites for hydroxylation is 1. The standard InChI is InChI=1S/C22H36N4O3/c1-16-9-10-18(19(12-16)28-6)14-25-20(23-5)24-13-17-8-7-11-26(15-17)21(27)29-22(2,3)4/h9-10,12,17H,7-8,11,13-15H2,1-6H3,(H2,23,24,25). The third-order valence-electron chi connectivity index (χ3n) is 4.84. The van der Waals surface area contributed by atoms with Crippen LogP contribution in [0.5, 0.6) is 5.75 Å². The lowest BCUT2D eigenvalue weighted by molar-refractivity contribution is 0.0168. The van der Waals surface area contributed by atoms with E-state index in [1.165, 1.54) is 5.56 Å². The van der Waals surface area contributed by atoms with Gasteiger partial charge in [0.2, 0.25) is 0 Å². The Morgan fingerprint density at radius 1 is 1.31 bits per heavy atom. The number of hydrogen-bond acceptors (Lipinski definition) is 4. The SMILES string of the molecule is CN=C(NCc1ccc(C)cc1OC)NCC1CCCN(C(=O)OC(C)(C)C)C1. The molecular weight excluding hydrogens is 368 g/mol. The Hall–Kier alpha value is -2.44. The van der Waals surface area contributed by atoms with Crippen molar-refractivity contribution in [1.82, 2.24) is 15.5 Å². The van der Waals surface area contributed by atoms with E-state index in [1.54, 1.807) is 14.2 Å². The van der Waals surface area contributed by atoms with Gasteiger partial charge < -0.3 is 25.0 Å². The number of ether oxygens (including phenoxy) is 2. The van der Waals surface area contributed by atoms with E-state index in [2.05, 4.69) is 27.8 Å². The van der Waals surface area contributed by atoms with Crippen LogP contribution in [0.25, 0.3) is 0 Å². The Morgan fingerprint density at radius 2 is 2.07 bits per heavy atom. The largest absolute Gasteiger partial charge is 0.496 e. The van der Waals surface area contributed by atoms with E-state index >= 15 is 0 Å². The van der Waals surface area contributed by atoms with Crippen LogP contribution in [0.15, 0.2) is 23.2 Å². The molecule has 1 saturated heterocycles. The van der Waals surface area contributed by atoms with Crippen LogP contribution in [0.2, 0.25) is 0 Å². The molecule has 0 bridgehead atoms. The van der Waals surface area contributed by atoms with Crippen molar-refractivity contribution >= 4 is 12.1 Å². The zero-order valence-corrected chi connectivity index (χ0v) is 18.7. The maximum Gasteiger partial charge on any atom is 0.410 e. The van der Waals surface area contributed by atoms with Crippen molar-refractivity contribution in [3.8, 4) is 5.75 Å². The molecular formula is C22H36N4O3. The summed E-state index contributed by atoms with van der Waals surface area (Å²) in [5.41, 5.74) is 1.78. The normalized spacial score (nSPS) is 17.7. The summed E-state index contributed by atoms with van der Waals surface area (Å²) in [4.78, 5) is 18.5. The van der Waals surface area contributed by atoms with Crippen molar-refractivity contribution < 1.29 is 14.3 Å². The van der Waals surface area contributed by atoms with Crippen LogP contribution in [-0.2, 0) is 11.3 Å². The predicted molar refractivity (Wildman–Crippen MR) is 116 cm³/mol. The number of hydrogen-bond donors (Lipinski definition) is 2. The number of likely N-dealkylation sites (tertiary alicyclic amines) is 1. The fourth-order valence-electron chi connectivity index (χ4n) is 3.36. The summed E-state index contributed by atoms with van der Waals surface area (Å²) in [7, 11) is 3.44. The number of aliphatic imine (C=N–C) groups is 1. The summed E-state index contributed by atoms with van der Waals surface area (Å²) >= 11 is 0. The summed E-state index contributed by atoms with van der Waals surface area (Å²) in [5.74, 6) is 1.97. The fraction of sp³-hybridized carbons (Fsp3) is 0.636. The molecule has 0 radical (unpaired) electrons. The van der Waals surface area contributed by atoms with Crippen LogP contribution >= 0.6 is 0 Å². The van der Waals surface area contributed by atoms with E-state index in [1.807, 2.05) is 38.7 Å². The van der Waals surface area contributed by atoms with Crippen LogP contribution < -0.4 is 15.4 Å². The molecule has 1 fully saturated rings. The van der Waals surface area contributed by atoms with Crippen LogP contribution in [0.4, 0.5) is 4.79 Å². The molecule has 2 rings (SSSR count). The molecule has 1 heterocycles. The van der Waals surface area contributed by atoms with Gasteiger partial charge in [-0.1, -0.05) is 12.1 Å². The Labute approximate surface area is 174 Å². The van der Waals surface area contributed by atoms with Crippen molar-refractivity contribution in [3.63, 3.8) is 0 Å². The van der Waals surface area contributed by atoms with Crippen LogP contribution in [0, 0.1) is 12.8 Å². The van der Waals surface area contributed by atoms with Crippen molar-refractivity contribution in [2.75, 3.05) is 33.8 Å². The molecule has 1 atom stereocenters. The van der Waals surface area contributed by atoms with Crippen molar-refractivity contribution in [2.45, 2.75) is 52.7 Å². The van der Waals surface area contributed by atoms with Gasteiger partial charge in [0.15, 0.2) is 5.96 Å². The monoisotopic (exact) mass is 404 g/mol. The zero-order chi connectivity index (χ0) is 21.4. The lowest BCUT2D eigenvalue weighted by atomic mass is 9.98. The third kappa shape index (κ3) is 7.48. The van der Waals surface area contributed by atoms with E-state index in [-0.39, 0.29) is 6.09 Å². The molecule has 0 spiro atoms. The molecule has 7 heteroatoms. The smallest absolute Gasteiger partial charge is 0.410 e. The molecule has 2 N–H and O–H groups in total. The zero-order valence-electron chi connectivity index (χ0n) is 18.7. The number of piperidine rings is 1. The maximum atomic E-state index is 12.3. The third-order valence-corrected chi connectivity index (χ3v) is 4.84. The minimum atomic E-state index is -0.467. The Kier molecular flexibility index (Phi) is 8.17. The Morgan fingerprint density at radius 3 is 2.72 bits per heavy atom. The van der Waals surface area contributed by atoms with Gasteiger partial charge in [0.05, 0.1) is 7.11 Å². The van der Waals surface area contributed by atoms with Crippen LogP contribution in [-0.4, -0.2) is 56.3 Å². The summed E-state index contributed by atoms with van der Waals surface area (Å²) in [5, 5.41) is 6.72. The first-order valence-corrected chi connectivity index (χ1v) is 10.3. The number of methoxy groups -OCH3 is 1.